The second-order valence-corrected chi connectivity index (χ2v) is 2.48. The van der Waals surface area contributed by atoms with E-state index in [-0.39, 0.29) is 11.6 Å². The van der Waals surface area contributed by atoms with Crippen LogP contribution in [0.15, 0.2) is 24.5 Å². The smallest absolute Gasteiger partial charge is 0.354 e. The van der Waals surface area contributed by atoms with Crippen LogP contribution in [0, 0.1) is 0 Å². The van der Waals surface area contributed by atoms with Gasteiger partial charge in [-0.1, -0.05) is 6.58 Å². The van der Waals surface area contributed by atoms with Gasteiger partial charge in [0.25, 0.3) is 0 Å². The lowest BCUT2D eigenvalue weighted by atomic mass is 10.4. The van der Waals surface area contributed by atoms with Crippen LogP contribution in [0.5, 0.6) is 0 Å². The van der Waals surface area contributed by atoms with Crippen molar-refractivity contribution in [3.63, 3.8) is 0 Å². The number of hydrogen-bond acceptors (Lipinski definition) is 4. The van der Waals surface area contributed by atoms with Gasteiger partial charge in [-0.25, -0.2) is 14.8 Å². The van der Waals surface area contributed by atoms with Gasteiger partial charge in [-0.05, 0) is 13.0 Å². The molecule has 1 aromatic rings. The van der Waals surface area contributed by atoms with Crippen LogP contribution in [-0.2, 0) is 0 Å². The topological polar surface area (TPSA) is 75.1 Å². The first kappa shape index (κ1) is 9.18. The number of aromatic nitrogens is 2. The highest BCUT2D eigenvalue weighted by atomic mass is 16.4. The molecule has 0 unspecified atom stereocenters. The first-order chi connectivity index (χ1) is 6.09. The van der Waals surface area contributed by atoms with Crippen molar-refractivity contribution in [1.82, 2.24) is 9.97 Å². The average molecular weight is 179 g/mol. The highest BCUT2D eigenvalue weighted by Gasteiger charge is 2.05. The van der Waals surface area contributed by atoms with Crippen LogP contribution in [0.1, 0.15) is 17.4 Å². The van der Waals surface area contributed by atoms with E-state index in [9.17, 15) is 4.79 Å². The summed E-state index contributed by atoms with van der Waals surface area (Å²) in [5, 5.41) is 11.3. The molecule has 0 amide bonds. The van der Waals surface area contributed by atoms with Crippen molar-refractivity contribution in [2.45, 2.75) is 6.92 Å². The van der Waals surface area contributed by atoms with Crippen molar-refractivity contribution in [3.05, 3.63) is 30.2 Å². The third-order valence-corrected chi connectivity index (χ3v) is 1.20. The minimum atomic E-state index is -1.08. The highest BCUT2D eigenvalue weighted by Crippen LogP contribution is 2.02. The van der Waals surface area contributed by atoms with Crippen LogP contribution < -0.4 is 5.32 Å². The zero-order chi connectivity index (χ0) is 9.84. The monoisotopic (exact) mass is 179 g/mol. The Hall–Kier alpha value is -1.91. The quantitative estimate of drug-likeness (QED) is 0.727. The van der Waals surface area contributed by atoms with Crippen molar-refractivity contribution < 1.29 is 9.90 Å². The van der Waals surface area contributed by atoms with Gasteiger partial charge in [-0.2, -0.15) is 0 Å². The molecule has 1 heterocycles. The molecular formula is C8H9N3O2. The fraction of sp³-hybridized carbons (Fsp3) is 0.125. The molecule has 5 heteroatoms. The number of carboxylic acid groups (broad SMARTS) is 1. The van der Waals surface area contributed by atoms with E-state index >= 15 is 0 Å². The lowest BCUT2D eigenvalue weighted by Crippen LogP contribution is -2.05. The van der Waals surface area contributed by atoms with Crippen molar-refractivity contribution in [2.24, 2.45) is 0 Å². The predicted octanol–water partition coefficient (Wildman–Crippen LogP) is 1.12. The Morgan fingerprint density at radius 2 is 2.38 bits per heavy atom. The second kappa shape index (κ2) is 3.66. The number of nitrogens with one attached hydrogen (secondary N) is 1. The molecule has 68 valence electrons. The van der Waals surface area contributed by atoms with Gasteiger partial charge in [0.1, 0.15) is 0 Å². The number of nitrogens with zero attached hydrogens (tertiary/aromatic N) is 2. The molecule has 0 aliphatic heterocycles. The largest absolute Gasteiger partial charge is 0.477 e. The van der Waals surface area contributed by atoms with Crippen LogP contribution in [0.2, 0.25) is 0 Å². The molecule has 0 radical (unpaired) electrons. The van der Waals surface area contributed by atoms with Crippen molar-refractivity contribution >= 4 is 11.9 Å². The van der Waals surface area contributed by atoms with Gasteiger partial charge in [0.2, 0.25) is 5.95 Å². The average Bonchev–Trinajstić information content (AvgIpc) is 2.03. The van der Waals surface area contributed by atoms with Gasteiger partial charge in [-0.3, -0.25) is 0 Å². The molecule has 0 fully saturated rings. The molecule has 0 saturated heterocycles. The summed E-state index contributed by atoms with van der Waals surface area (Å²) >= 11 is 0. The molecule has 2 N–H and O–H groups in total. The Morgan fingerprint density at radius 1 is 1.69 bits per heavy atom. The summed E-state index contributed by atoms with van der Waals surface area (Å²) in [7, 11) is 0. The van der Waals surface area contributed by atoms with E-state index in [4.69, 9.17) is 5.11 Å². The fourth-order valence-electron chi connectivity index (χ4n) is 0.729. The maximum Gasteiger partial charge on any atom is 0.354 e. The molecule has 5 nitrogen and oxygen atoms in total. The van der Waals surface area contributed by atoms with E-state index < -0.39 is 5.97 Å². The van der Waals surface area contributed by atoms with Gasteiger partial charge < -0.3 is 10.4 Å². The van der Waals surface area contributed by atoms with Crippen LogP contribution in [0.4, 0.5) is 5.95 Å². The summed E-state index contributed by atoms with van der Waals surface area (Å²) in [6.07, 6.45) is 1.38. The summed E-state index contributed by atoms with van der Waals surface area (Å²) in [6.45, 7) is 5.32. The van der Waals surface area contributed by atoms with Crippen LogP contribution in [0.25, 0.3) is 0 Å². The van der Waals surface area contributed by atoms with E-state index in [1.54, 1.807) is 6.92 Å². The lowest BCUT2D eigenvalue weighted by molar-refractivity contribution is 0.0690. The molecule has 0 saturated carbocycles. The summed E-state index contributed by atoms with van der Waals surface area (Å²) in [6, 6.07) is 1.33. The van der Waals surface area contributed by atoms with E-state index in [1.165, 1.54) is 12.3 Å². The van der Waals surface area contributed by atoms with Gasteiger partial charge in [0.05, 0.1) is 0 Å². The summed E-state index contributed by atoms with van der Waals surface area (Å²) < 4.78 is 0. The Morgan fingerprint density at radius 3 is 2.92 bits per heavy atom. The highest BCUT2D eigenvalue weighted by molar-refractivity contribution is 5.85. The molecule has 0 aromatic carbocycles. The van der Waals surface area contributed by atoms with Crippen molar-refractivity contribution in [2.75, 3.05) is 5.32 Å². The minimum Gasteiger partial charge on any atom is -0.477 e. The summed E-state index contributed by atoms with van der Waals surface area (Å²) in [5.41, 5.74) is 0.612. The SMILES string of the molecule is C=C(C)Nc1nccc(C(=O)O)n1. The molecule has 0 aliphatic rings. The van der Waals surface area contributed by atoms with Gasteiger partial charge in [-0.15, -0.1) is 0 Å². The van der Waals surface area contributed by atoms with E-state index in [2.05, 4.69) is 21.9 Å². The van der Waals surface area contributed by atoms with Gasteiger partial charge >= 0.3 is 5.97 Å². The molecule has 1 aromatic heterocycles. The molecular weight excluding hydrogens is 170 g/mol. The number of carboxylic acids is 1. The molecule has 0 spiro atoms. The first-order valence-corrected chi connectivity index (χ1v) is 3.58. The van der Waals surface area contributed by atoms with E-state index in [0.29, 0.717) is 5.70 Å². The Balaban J connectivity index is 2.91. The zero-order valence-corrected chi connectivity index (χ0v) is 7.11. The number of hydrogen-bond donors (Lipinski definition) is 2. The number of carbonyl (C=O) groups is 1. The van der Waals surface area contributed by atoms with Crippen LogP contribution in [0.3, 0.4) is 0 Å². The Labute approximate surface area is 75.1 Å². The third kappa shape index (κ3) is 2.55. The fourth-order valence-corrected chi connectivity index (χ4v) is 0.729. The number of anilines is 1. The van der Waals surface area contributed by atoms with Crippen LogP contribution >= 0.6 is 0 Å². The molecule has 13 heavy (non-hydrogen) atoms. The normalized spacial score (nSPS) is 9.31. The number of allylic oxidation sites excluding steroid dienone is 1. The number of aromatic carboxylic acids is 1. The number of rotatable bonds is 3. The standard InChI is InChI=1S/C8H9N3O2/c1-5(2)10-8-9-4-3-6(11-8)7(12)13/h3-4H,1H2,2H3,(H,12,13)(H,9,10,11). The Bertz CT molecular complexity index is 349. The Kier molecular flexibility index (Phi) is 2.59. The summed E-state index contributed by atoms with van der Waals surface area (Å²) in [4.78, 5) is 18.0. The molecule has 0 atom stereocenters. The van der Waals surface area contributed by atoms with Crippen molar-refractivity contribution in [3.8, 4) is 0 Å². The first-order valence-electron chi connectivity index (χ1n) is 3.58. The van der Waals surface area contributed by atoms with Gasteiger partial charge in [0.15, 0.2) is 5.69 Å². The second-order valence-electron chi connectivity index (χ2n) is 2.48. The van der Waals surface area contributed by atoms with Gasteiger partial charge in [0, 0.05) is 11.9 Å². The third-order valence-electron chi connectivity index (χ3n) is 1.20. The van der Waals surface area contributed by atoms with E-state index in [1.807, 2.05) is 0 Å². The van der Waals surface area contributed by atoms with E-state index in [0.717, 1.165) is 0 Å². The molecule has 0 bridgehead atoms. The van der Waals surface area contributed by atoms with Crippen molar-refractivity contribution in [1.29, 1.82) is 0 Å². The predicted molar refractivity (Wildman–Crippen MR) is 47.4 cm³/mol. The summed E-state index contributed by atoms with van der Waals surface area (Å²) in [5.74, 6) is -0.834. The maximum atomic E-state index is 10.5. The molecule has 0 aliphatic carbocycles. The zero-order valence-electron chi connectivity index (χ0n) is 7.11. The molecule has 1 rings (SSSR count). The minimum absolute atomic E-state index is 0.0428. The van der Waals surface area contributed by atoms with Crippen LogP contribution in [-0.4, -0.2) is 21.0 Å². The maximum absolute atomic E-state index is 10.5. The lowest BCUT2D eigenvalue weighted by Gasteiger charge is -2.02.